The smallest absolute Gasteiger partial charge is 0.129 e. The number of rotatable bonds is 7. The van der Waals surface area contributed by atoms with Crippen molar-refractivity contribution in [3.8, 4) is 0 Å². The van der Waals surface area contributed by atoms with Crippen LogP contribution in [0.1, 0.15) is 127 Å². The molecule has 0 aromatic carbocycles. The zero-order valence-electron chi connectivity index (χ0n) is 18.1. The predicted molar refractivity (Wildman–Crippen MR) is 109 cm³/mol. The zero-order chi connectivity index (χ0) is 19.4. The molecule has 0 saturated heterocycles. The Bertz CT molecular complexity index is 127. The molecule has 0 aliphatic carbocycles. The summed E-state index contributed by atoms with van der Waals surface area (Å²) >= 11 is 0. The minimum absolute atomic E-state index is 0.289. The van der Waals surface area contributed by atoms with Gasteiger partial charge in [-0.1, -0.05) is 100 Å². The number of aliphatic hydroxyl groups excluding tert-OH is 1. The third kappa shape index (κ3) is 143. The Morgan fingerprint density at radius 3 is 0.913 bits per heavy atom. The highest BCUT2D eigenvalue weighted by atomic mass is 16.2. The summed E-state index contributed by atoms with van der Waals surface area (Å²) in [4.78, 5) is 10.0. The topological polar surface area (TPSA) is 37.3 Å². The Labute approximate surface area is 149 Å². The number of hydrogen-bond acceptors (Lipinski definition) is 2. The van der Waals surface area contributed by atoms with Gasteiger partial charge in [-0.3, -0.25) is 0 Å². The summed E-state index contributed by atoms with van der Waals surface area (Å²) in [5, 5.41) is 8.07. The molecule has 2 heteroatoms. The fourth-order valence-corrected chi connectivity index (χ4v) is 0.510. The lowest BCUT2D eigenvalue weighted by atomic mass is 10.3. The van der Waals surface area contributed by atoms with Gasteiger partial charge in [0.05, 0.1) is 0 Å². The van der Waals surface area contributed by atoms with Gasteiger partial charge in [-0.2, -0.15) is 0 Å². The van der Waals surface area contributed by atoms with Crippen LogP contribution in [-0.4, -0.2) is 17.5 Å². The maximum Gasteiger partial charge on any atom is 0.129 e. The van der Waals surface area contributed by atoms with Crippen molar-refractivity contribution in [2.45, 2.75) is 127 Å². The number of ketones is 1. The molecule has 0 aliphatic rings. The molecule has 1 N–H and O–H groups in total. The van der Waals surface area contributed by atoms with E-state index in [0.717, 1.165) is 25.7 Å². The average molecular weight is 335 g/mol. The number of hydrogen-bond donors (Lipinski definition) is 1. The molecule has 0 spiro atoms. The lowest BCUT2D eigenvalue weighted by molar-refractivity contribution is -0.117. The molecule has 0 aliphatic heterocycles. The van der Waals surface area contributed by atoms with Crippen molar-refractivity contribution in [1.29, 1.82) is 0 Å². The quantitative estimate of drug-likeness (QED) is 0.521. The third-order valence-corrected chi connectivity index (χ3v) is 2.61. The maximum absolute atomic E-state index is 10.0. The lowest BCUT2D eigenvalue weighted by Gasteiger charge is -1.80. The molecular weight excluding hydrogens is 284 g/mol. The summed E-state index contributed by atoms with van der Waals surface area (Å²) in [5.74, 6) is 0.289. The van der Waals surface area contributed by atoms with E-state index in [1.807, 2.05) is 6.92 Å². The molecule has 0 atom stereocenters. The Hall–Kier alpha value is -0.370. The summed E-state index contributed by atoms with van der Waals surface area (Å²) in [7, 11) is 0. The standard InChI is InChI=1S/C5H10O.C4H10O.3C4H10/c1-3-4-5(2)6;1-2-3-4-5;3*1-3-4-2/h3-4H2,1-2H3;5H,2-4H2,1H3;3*3-4H2,1-2H3. The van der Waals surface area contributed by atoms with Gasteiger partial charge in [0.25, 0.3) is 0 Å². The van der Waals surface area contributed by atoms with Gasteiger partial charge >= 0.3 is 0 Å². The lowest BCUT2D eigenvalue weighted by Crippen LogP contribution is -1.84. The van der Waals surface area contributed by atoms with Crippen LogP contribution in [0.5, 0.6) is 0 Å². The second kappa shape index (κ2) is 49.6. The van der Waals surface area contributed by atoms with E-state index in [1.165, 1.54) is 38.5 Å². The fourth-order valence-electron chi connectivity index (χ4n) is 0.510. The van der Waals surface area contributed by atoms with E-state index < -0.39 is 0 Å². The first-order valence-electron chi connectivity index (χ1n) is 10.0. The molecule has 0 heterocycles. The molecule has 0 amide bonds. The average Bonchev–Trinajstić information content (AvgIpc) is 2.56. The van der Waals surface area contributed by atoms with Gasteiger partial charge in [-0.25, -0.2) is 0 Å². The zero-order valence-corrected chi connectivity index (χ0v) is 18.1. The van der Waals surface area contributed by atoms with Gasteiger partial charge in [0.2, 0.25) is 0 Å². The van der Waals surface area contributed by atoms with Crippen LogP contribution in [0.15, 0.2) is 0 Å². The molecule has 0 aromatic heterocycles. The second-order valence-corrected chi connectivity index (χ2v) is 5.53. The van der Waals surface area contributed by atoms with Crippen molar-refractivity contribution < 1.29 is 9.90 Å². The molecular formula is C21H50O2. The molecule has 0 aromatic rings. The highest BCUT2D eigenvalue weighted by Crippen LogP contribution is 1.84. The highest BCUT2D eigenvalue weighted by Gasteiger charge is 1.83. The van der Waals surface area contributed by atoms with E-state index in [4.69, 9.17) is 5.11 Å². The molecule has 146 valence electrons. The van der Waals surface area contributed by atoms with E-state index in [-0.39, 0.29) is 5.78 Å². The van der Waals surface area contributed by atoms with Crippen LogP contribution in [-0.2, 0) is 4.79 Å². The first kappa shape index (κ1) is 34.1. The first-order valence-corrected chi connectivity index (χ1v) is 10.0. The van der Waals surface area contributed by atoms with Crippen molar-refractivity contribution >= 4 is 5.78 Å². The summed E-state index contributed by atoms with van der Waals surface area (Å²) in [6.07, 6.45) is 11.7. The SMILES string of the molecule is CCCC.CCCC.CCCC.CCCC(C)=O.CCCCO. The number of Topliss-reactive ketones (excluding diaryl/α,β-unsaturated/α-hetero) is 1. The van der Waals surface area contributed by atoms with Crippen LogP contribution in [0.25, 0.3) is 0 Å². The van der Waals surface area contributed by atoms with Crippen LogP contribution >= 0.6 is 0 Å². The Morgan fingerprint density at radius 1 is 0.609 bits per heavy atom. The van der Waals surface area contributed by atoms with E-state index >= 15 is 0 Å². The normalized spacial score (nSPS) is 7.91. The minimum Gasteiger partial charge on any atom is -0.396 e. The van der Waals surface area contributed by atoms with Crippen LogP contribution in [0.4, 0.5) is 0 Å². The van der Waals surface area contributed by atoms with E-state index in [2.05, 4.69) is 48.5 Å². The van der Waals surface area contributed by atoms with E-state index in [9.17, 15) is 4.79 Å². The third-order valence-electron chi connectivity index (χ3n) is 2.61. The largest absolute Gasteiger partial charge is 0.396 e. The molecule has 23 heavy (non-hydrogen) atoms. The van der Waals surface area contributed by atoms with Crippen LogP contribution in [0.2, 0.25) is 0 Å². The highest BCUT2D eigenvalue weighted by molar-refractivity contribution is 5.75. The van der Waals surface area contributed by atoms with Gasteiger partial charge in [0, 0.05) is 13.0 Å². The molecule has 2 nitrogen and oxygen atoms in total. The molecule has 0 unspecified atom stereocenters. The predicted octanol–water partition coefficient (Wildman–Crippen LogP) is 7.57. The van der Waals surface area contributed by atoms with Gasteiger partial charge in [0.15, 0.2) is 0 Å². The van der Waals surface area contributed by atoms with Crippen LogP contribution in [0.3, 0.4) is 0 Å². The molecule has 0 rings (SSSR count). The minimum atomic E-state index is 0.289. The van der Waals surface area contributed by atoms with E-state index in [1.54, 1.807) is 6.92 Å². The van der Waals surface area contributed by atoms with Gasteiger partial charge in [-0.05, 0) is 19.8 Å². The first-order chi connectivity index (χ1) is 10.9. The van der Waals surface area contributed by atoms with Crippen molar-refractivity contribution in [1.82, 2.24) is 0 Å². The molecule has 0 saturated carbocycles. The summed E-state index contributed by atoms with van der Waals surface area (Å²) in [6, 6.07) is 0. The summed E-state index contributed by atoms with van der Waals surface area (Å²) < 4.78 is 0. The monoisotopic (exact) mass is 334 g/mol. The van der Waals surface area contributed by atoms with Crippen molar-refractivity contribution in [3.05, 3.63) is 0 Å². The van der Waals surface area contributed by atoms with Gasteiger partial charge in [-0.15, -0.1) is 0 Å². The number of carbonyl (C=O) groups excluding carboxylic acids is 1. The fraction of sp³-hybridized carbons (Fsp3) is 0.952. The van der Waals surface area contributed by atoms with Crippen LogP contribution in [0, 0.1) is 0 Å². The number of aliphatic hydroxyl groups is 1. The molecule has 0 bridgehead atoms. The Balaban J connectivity index is -0.0000000594. The van der Waals surface area contributed by atoms with Crippen molar-refractivity contribution in [2.24, 2.45) is 0 Å². The Kier molecular flexibility index (Phi) is 73.4. The molecule has 0 radical (unpaired) electrons. The number of unbranched alkanes of at least 4 members (excludes halogenated alkanes) is 4. The Morgan fingerprint density at radius 2 is 0.913 bits per heavy atom. The van der Waals surface area contributed by atoms with Crippen molar-refractivity contribution in [3.63, 3.8) is 0 Å². The van der Waals surface area contributed by atoms with E-state index in [0.29, 0.717) is 6.61 Å². The summed E-state index contributed by atoms with van der Waals surface area (Å²) in [6.45, 7) is 19.1. The van der Waals surface area contributed by atoms with Crippen molar-refractivity contribution in [2.75, 3.05) is 6.61 Å². The molecule has 0 fully saturated rings. The second-order valence-electron chi connectivity index (χ2n) is 5.53. The van der Waals surface area contributed by atoms with Crippen LogP contribution < -0.4 is 0 Å². The summed E-state index contributed by atoms with van der Waals surface area (Å²) in [5.41, 5.74) is 0. The number of carbonyl (C=O) groups is 1. The maximum atomic E-state index is 10.0. The van der Waals surface area contributed by atoms with Gasteiger partial charge in [0.1, 0.15) is 5.78 Å². The van der Waals surface area contributed by atoms with Gasteiger partial charge < -0.3 is 9.90 Å².